The third kappa shape index (κ3) is 1.48. The molecule has 2 aliphatic rings. The molecule has 0 amide bonds. The lowest BCUT2D eigenvalue weighted by molar-refractivity contribution is 0.418. The van der Waals surface area contributed by atoms with Gasteiger partial charge in [-0.3, -0.25) is 0 Å². The fraction of sp³-hybridized carbons (Fsp3) is 0.538. The van der Waals surface area contributed by atoms with Crippen molar-refractivity contribution in [2.45, 2.75) is 42.7 Å². The molecule has 0 spiro atoms. The van der Waals surface area contributed by atoms with Crippen molar-refractivity contribution in [1.29, 1.82) is 0 Å². The molecule has 3 rings (SSSR count). The predicted molar refractivity (Wildman–Crippen MR) is 61.5 cm³/mol. The van der Waals surface area contributed by atoms with Crippen LogP contribution in [0.3, 0.4) is 0 Å². The summed E-state index contributed by atoms with van der Waals surface area (Å²) in [5.74, 6) is 0.367. The predicted octanol–water partition coefficient (Wildman–Crippen LogP) is 1.75. The summed E-state index contributed by atoms with van der Waals surface area (Å²) in [5.41, 5.74) is 14.1. The van der Waals surface area contributed by atoms with E-state index in [4.69, 9.17) is 11.5 Å². The minimum absolute atomic E-state index is 0.00734. The molecule has 2 heteroatoms. The van der Waals surface area contributed by atoms with Crippen molar-refractivity contribution in [2.24, 2.45) is 11.5 Å². The largest absolute Gasteiger partial charge is 0.324 e. The first-order chi connectivity index (χ1) is 7.14. The van der Waals surface area contributed by atoms with E-state index in [2.05, 4.69) is 24.3 Å². The van der Waals surface area contributed by atoms with E-state index in [-0.39, 0.29) is 11.1 Å². The summed E-state index contributed by atoms with van der Waals surface area (Å²) in [6.45, 7) is 0. The van der Waals surface area contributed by atoms with E-state index >= 15 is 0 Å². The van der Waals surface area contributed by atoms with Crippen LogP contribution in [0, 0.1) is 0 Å². The highest BCUT2D eigenvalue weighted by molar-refractivity contribution is 5.35. The zero-order valence-electron chi connectivity index (χ0n) is 8.95. The highest BCUT2D eigenvalue weighted by Crippen LogP contribution is 2.56. The highest BCUT2D eigenvalue weighted by Gasteiger charge is 2.58. The van der Waals surface area contributed by atoms with E-state index in [1.807, 2.05) is 6.07 Å². The lowest BCUT2D eigenvalue weighted by Gasteiger charge is -2.30. The third-order valence-electron chi connectivity index (χ3n) is 3.94. The second-order valence-electron chi connectivity index (χ2n) is 5.31. The van der Waals surface area contributed by atoms with Crippen LogP contribution < -0.4 is 11.5 Å². The Morgan fingerprint density at radius 2 is 1.33 bits per heavy atom. The van der Waals surface area contributed by atoms with Gasteiger partial charge in [0.25, 0.3) is 0 Å². The number of rotatable bonds is 3. The van der Waals surface area contributed by atoms with Gasteiger partial charge in [-0.25, -0.2) is 0 Å². The zero-order valence-corrected chi connectivity index (χ0v) is 8.95. The Labute approximate surface area is 90.7 Å². The highest BCUT2D eigenvalue weighted by atomic mass is 14.9. The monoisotopic (exact) mass is 202 g/mol. The standard InChI is InChI=1S/C13H18N2/c14-12(6-7-12)11(13(15)8-9-13)10-4-2-1-3-5-10/h1-5,11H,6-9,14-15H2. The molecule has 1 aromatic rings. The Kier molecular flexibility index (Phi) is 1.77. The first-order valence-electron chi connectivity index (χ1n) is 5.77. The van der Waals surface area contributed by atoms with E-state index in [9.17, 15) is 0 Å². The van der Waals surface area contributed by atoms with Crippen molar-refractivity contribution in [3.63, 3.8) is 0 Å². The summed E-state index contributed by atoms with van der Waals surface area (Å²) in [6, 6.07) is 10.6. The normalized spacial score (nSPS) is 25.3. The van der Waals surface area contributed by atoms with Gasteiger partial charge in [0.15, 0.2) is 0 Å². The van der Waals surface area contributed by atoms with Gasteiger partial charge in [-0.15, -0.1) is 0 Å². The SMILES string of the molecule is NC1(C(c2ccccc2)C2(N)CC2)CC1. The van der Waals surface area contributed by atoms with Gasteiger partial charge >= 0.3 is 0 Å². The van der Waals surface area contributed by atoms with Gasteiger partial charge in [0.1, 0.15) is 0 Å². The molecule has 0 saturated heterocycles. The number of hydrogen-bond acceptors (Lipinski definition) is 2. The maximum absolute atomic E-state index is 6.37. The molecule has 0 radical (unpaired) electrons. The number of benzene rings is 1. The van der Waals surface area contributed by atoms with Crippen molar-refractivity contribution in [2.75, 3.05) is 0 Å². The van der Waals surface area contributed by atoms with Crippen LogP contribution in [-0.2, 0) is 0 Å². The average Bonchev–Trinajstić information content (AvgIpc) is 3.11. The molecule has 0 heterocycles. The average molecular weight is 202 g/mol. The molecule has 2 aliphatic carbocycles. The van der Waals surface area contributed by atoms with Gasteiger partial charge < -0.3 is 11.5 Å². The molecule has 0 aromatic heterocycles. The molecule has 0 bridgehead atoms. The van der Waals surface area contributed by atoms with Gasteiger partial charge in [0, 0.05) is 17.0 Å². The van der Waals surface area contributed by atoms with Crippen LogP contribution in [0.25, 0.3) is 0 Å². The molecule has 1 aromatic carbocycles. The van der Waals surface area contributed by atoms with E-state index in [1.54, 1.807) is 0 Å². The maximum Gasteiger partial charge on any atom is 0.0242 e. The van der Waals surface area contributed by atoms with Crippen molar-refractivity contribution in [1.82, 2.24) is 0 Å². The Balaban J connectivity index is 1.98. The van der Waals surface area contributed by atoms with Crippen LogP contribution in [0.1, 0.15) is 37.2 Å². The molecule has 80 valence electrons. The van der Waals surface area contributed by atoms with Crippen LogP contribution in [0.15, 0.2) is 30.3 Å². The Bertz CT molecular complexity index is 345. The lowest BCUT2D eigenvalue weighted by Crippen LogP contribution is -2.44. The molecule has 0 atom stereocenters. The maximum atomic E-state index is 6.37. The Morgan fingerprint density at radius 3 is 1.73 bits per heavy atom. The van der Waals surface area contributed by atoms with Crippen molar-refractivity contribution < 1.29 is 0 Å². The van der Waals surface area contributed by atoms with E-state index < -0.39 is 0 Å². The van der Waals surface area contributed by atoms with Crippen LogP contribution in [0.5, 0.6) is 0 Å². The summed E-state index contributed by atoms with van der Waals surface area (Å²) in [7, 11) is 0. The molecule has 2 fully saturated rings. The molecule has 2 nitrogen and oxygen atoms in total. The summed E-state index contributed by atoms with van der Waals surface area (Å²) in [6.07, 6.45) is 4.52. The first kappa shape index (κ1) is 9.37. The summed E-state index contributed by atoms with van der Waals surface area (Å²) in [5, 5.41) is 0. The van der Waals surface area contributed by atoms with Crippen LogP contribution in [0.4, 0.5) is 0 Å². The van der Waals surface area contributed by atoms with Crippen molar-refractivity contribution in [3.05, 3.63) is 35.9 Å². The molecular weight excluding hydrogens is 184 g/mol. The van der Waals surface area contributed by atoms with Gasteiger partial charge in [0.05, 0.1) is 0 Å². The molecule has 0 aliphatic heterocycles. The molecule has 2 saturated carbocycles. The zero-order chi connectivity index (χ0) is 10.5. The van der Waals surface area contributed by atoms with Crippen molar-refractivity contribution >= 4 is 0 Å². The fourth-order valence-electron chi connectivity index (χ4n) is 2.75. The lowest BCUT2D eigenvalue weighted by atomic mass is 9.82. The minimum atomic E-state index is -0.00734. The number of hydrogen-bond donors (Lipinski definition) is 2. The Morgan fingerprint density at radius 1 is 0.867 bits per heavy atom. The molecule has 4 N–H and O–H groups in total. The van der Waals surface area contributed by atoms with Gasteiger partial charge in [0.2, 0.25) is 0 Å². The Hall–Kier alpha value is -0.860. The van der Waals surface area contributed by atoms with Crippen LogP contribution in [-0.4, -0.2) is 11.1 Å². The van der Waals surface area contributed by atoms with Crippen LogP contribution >= 0.6 is 0 Å². The first-order valence-corrected chi connectivity index (χ1v) is 5.77. The fourth-order valence-corrected chi connectivity index (χ4v) is 2.75. The molecular formula is C13H18N2. The van der Waals surface area contributed by atoms with Crippen molar-refractivity contribution in [3.8, 4) is 0 Å². The summed E-state index contributed by atoms with van der Waals surface area (Å²) in [4.78, 5) is 0. The quantitative estimate of drug-likeness (QED) is 0.784. The topological polar surface area (TPSA) is 52.0 Å². The second kappa shape index (κ2) is 2.83. The van der Waals surface area contributed by atoms with Gasteiger partial charge in [-0.05, 0) is 31.2 Å². The summed E-state index contributed by atoms with van der Waals surface area (Å²) >= 11 is 0. The number of nitrogens with two attached hydrogens (primary N) is 2. The minimum Gasteiger partial charge on any atom is -0.324 e. The molecule has 15 heavy (non-hydrogen) atoms. The summed E-state index contributed by atoms with van der Waals surface area (Å²) < 4.78 is 0. The third-order valence-corrected chi connectivity index (χ3v) is 3.94. The second-order valence-corrected chi connectivity index (χ2v) is 5.31. The van der Waals surface area contributed by atoms with Gasteiger partial charge in [-0.2, -0.15) is 0 Å². The van der Waals surface area contributed by atoms with Gasteiger partial charge in [-0.1, -0.05) is 30.3 Å². The van der Waals surface area contributed by atoms with E-state index in [0.29, 0.717) is 5.92 Å². The van der Waals surface area contributed by atoms with Crippen LogP contribution in [0.2, 0.25) is 0 Å². The van der Waals surface area contributed by atoms with E-state index in [1.165, 1.54) is 5.56 Å². The smallest absolute Gasteiger partial charge is 0.0242 e. The molecule has 0 unspecified atom stereocenters. The van der Waals surface area contributed by atoms with E-state index in [0.717, 1.165) is 25.7 Å².